The standard InChI is InChI=1S/C12H14BrN3O/c1-17-7-10-11(13)3-2-4-12(10)15-6-9-5-14-8-16-9/h2-5,8,15H,6-7H2,1H3,(H,14,16). The molecular weight excluding hydrogens is 282 g/mol. The molecule has 1 heterocycles. The number of hydrogen-bond donors (Lipinski definition) is 2. The van der Waals surface area contributed by atoms with Crippen LogP contribution in [0.25, 0.3) is 0 Å². The molecule has 0 aliphatic rings. The van der Waals surface area contributed by atoms with Crippen LogP contribution in [0.4, 0.5) is 5.69 Å². The first-order chi connectivity index (χ1) is 8.31. The van der Waals surface area contributed by atoms with Crippen molar-refractivity contribution in [3.8, 4) is 0 Å². The topological polar surface area (TPSA) is 49.9 Å². The molecule has 0 bridgehead atoms. The highest BCUT2D eigenvalue weighted by atomic mass is 79.9. The van der Waals surface area contributed by atoms with Crippen molar-refractivity contribution in [2.75, 3.05) is 12.4 Å². The summed E-state index contributed by atoms with van der Waals surface area (Å²) in [5.74, 6) is 0. The normalized spacial score (nSPS) is 10.5. The predicted molar refractivity (Wildman–Crippen MR) is 70.8 cm³/mol. The Labute approximate surface area is 109 Å². The van der Waals surface area contributed by atoms with Crippen molar-refractivity contribution >= 4 is 21.6 Å². The molecule has 2 N–H and O–H groups in total. The lowest BCUT2D eigenvalue weighted by Gasteiger charge is -2.12. The highest BCUT2D eigenvalue weighted by Crippen LogP contribution is 2.25. The average molecular weight is 296 g/mol. The van der Waals surface area contributed by atoms with Gasteiger partial charge in [-0.2, -0.15) is 0 Å². The summed E-state index contributed by atoms with van der Waals surface area (Å²) in [6, 6.07) is 6.05. The summed E-state index contributed by atoms with van der Waals surface area (Å²) >= 11 is 3.53. The fourth-order valence-corrected chi connectivity index (χ4v) is 2.07. The smallest absolute Gasteiger partial charge is 0.0922 e. The molecule has 0 unspecified atom stereocenters. The van der Waals surface area contributed by atoms with E-state index in [-0.39, 0.29) is 0 Å². The number of methoxy groups -OCH3 is 1. The monoisotopic (exact) mass is 295 g/mol. The van der Waals surface area contributed by atoms with Gasteiger partial charge < -0.3 is 15.0 Å². The molecule has 2 rings (SSSR count). The molecule has 1 aromatic carbocycles. The van der Waals surface area contributed by atoms with Crippen molar-refractivity contribution in [2.45, 2.75) is 13.2 Å². The van der Waals surface area contributed by atoms with E-state index in [1.165, 1.54) is 0 Å². The Morgan fingerprint density at radius 1 is 1.47 bits per heavy atom. The van der Waals surface area contributed by atoms with Gasteiger partial charge in [0.1, 0.15) is 0 Å². The molecule has 0 atom stereocenters. The van der Waals surface area contributed by atoms with Crippen LogP contribution in [0.15, 0.2) is 35.2 Å². The molecule has 0 fully saturated rings. The Morgan fingerprint density at radius 3 is 3.06 bits per heavy atom. The van der Waals surface area contributed by atoms with Gasteiger partial charge in [0.2, 0.25) is 0 Å². The third-order valence-corrected chi connectivity index (χ3v) is 3.17. The minimum atomic E-state index is 0.576. The van der Waals surface area contributed by atoms with Crippen LogP contribution < -0.4 is 5.32 Å². The van der Waals surface area contributed by atoms with E-state index in [0.29, 0.717) is 13.2 Å². The number of nitrogens with one attached hydrogen (secondary N) is 2. The van der Waals surface area contributed by atoms with Crippen molar-refractivity contribution in [3.63, 3.8) is 0 Å². The molecule has 90 valence electrons. The van der Waals surface area contributed by atoms with E-state index < -0.39 is 0 Å². The molecule has 0 saturated heterocycles. The van der Waals surface area contributed by atoms with Crippen LogP contribution in [-0.4, -0.2) is 17.1 Å². The molecule has 2 aromatic rings. The molecule has 0 radical (unpaired) electrons. The summed E-state index contributed by atoms with van der Waals surface area (Å²) in [6.45, 7) is 1.29. The van der Waals surface area contributed by atoms with Gasteiger partial charge >= 0.3 is 0 Å². The quantitative estimate of drug-likeness (QED) is 0.892. The number of H-pyrrole nitrogens is 1. The second kappa shape index (κ2) is 5.84. The average Bonchev–Trinajstić information content (AvgIpc) is 2.83. The van der Waals surface area contributed by atoms with E-state index >= 15 is 0 Å². The molecule has 0 saturated carbocycles. The lowest BCUT2D eigenvalue weighted by atomic mass is 10.2. The third kappa shape index (κ3) is 3.08. The molecule has 0 aliphatic carbocycles. The van der Waals surface area contributed by atoms with E-state index in [1.807, 2.05) is 18.2 Å². The largest absolute Gasteiger partial charge is 0.380 e. The number of benzene rings is 1. The number of halogens is 1. The number of rotatable bonds is 5. The number of anilines is 1. The summed E-state index contributed by atoms with van der Waals surface area (Å²) in [5, 5.41) is 3.36. The van der Waals surface area contributed by atoms with Crippen molar-refractivity contribution in [1.29, 1.82) is 0 Å². The summed E-state index contributed by atoms with van der Waals surface area (Å²) < 4.78 is 6.25. The number of aromatic nitrogens is 2. The number of hydrogen-bond acceptors (Lipinski definition) is 3. The van der Waals surface area contributed by atoms with Crippen LogP contribution in [0.1, 0.15) is 11.3 Å². The Bertz CT molecular complexity index is 471. The Morgan fingerprint density at radius 2 is 2.35 bits per heavy atom. The van der Waals surface area contributed by atoms with Crippen molar-refractivity contribution in [3.05, 3.63) is 46.5 Å². The van der Waals surface area contributed by atoms with Crippen molar-refractivity contribution in [1.82, 2.24) is 9.97 Å². The zero-order valence-corrected chi connectivity index (χ0v) is 11.1. The van der Waals surface area contributed by atoms with Crippen LogP contribution >= 0.6 is 15.9 Å². The van der Waals surface area contributed by atoms with E-state index in [0.717, 1.165) is 21.4 Å². The van der Waals surface area contributed by atoms with Crippen LogP contribution in [0.2, 0.25) is 0 Å². The lowest BCUT2D eigenvalue weighted by Crippen LogP contribution is -2.04. The SMILES string of the molecule is COCc1c(Br)cccc1NCc1cnc[nH]1. The van der Waals surface area contributed by atoms with Gasteiger partial charge in [0.05, 0.1) is 25.2 Å². The van der Waals surface area contributed by atoms with Crippen LogP contribution in [0.3, 0.4) is 0 Å². The fraction of sp³-hybridized carbons (Fsp3) is 0.250. The van der Waals surface area contributed by atoms with E-state index in [2.05, 4.69) is 31.2 Å². The maximum absolute atomic E-state index is 5.20. The Kier molecular flexibility index (Phi) is 4.17. The highest BCUT2D eigenvalue weighted by Gasteiger charge is 2.06. The molecule has 4 nitrogen and oxygen atoms in total. The maximum Gasteiger partial charge on any atom is 0.0922 e. The molecular formula is C12H14BrN3O. The van der Waals surface area contributed by atoms with Crippen LogP contribution in [-0.2, 0) is 17.9 Å². The number of aromatic amines is 1. The zero-order valence-electron chi connectivity index (χ0n) is 9.53. The minimum absolute atomic E-state index is 0.576. The van der Waals surface area contributed by atoms with Crippen LogP contribution in [0.5, 0.6) is 0 Å². The molecule has 0 aliphatic heterocycles. The highest BCUT2D eigenvalue weighted by molar-refractivity contribution is 9.10. The van der Waals surface area contributed by atoms with Gasteiger partial charge in [-0.05, 0) is 12.1 Å². The van der Waals surface area contributed by atoms with Gasteiger partial charge in [0.15, 0.2) is 0 Å². The molecule has 0 amide bonds. The first kappa shape index (κ1) is 12.1. The third-order valence-electron chi connectivity index (χ3n) is 2.43. The van der Waals surface area contributed by atoms with Gasteiger partial charge in [0, 0.05) is 29.0 Å². The zero-order chi connectivity index (χ0) is 12.1. The van der Waals surface area contributed by atoms with Gasteiger partial charge in [-0.25, -0.2) is 4.98 Å². The van der Waals surface area contributed by atoms with Crippen molar-refractivity contribution in [2.24, 2.45) is 0 Å². The number of imidazole rings is 1. The van der Waals surface area contributed by atoms with E-state index in [9.17, 15) is 0 Å². The molecule has 0 spiro atoms. The second-order valence-electron chi connectivity index (χ2n) is 3.63. The molecule has 5 heteroatoms. The summed E-state index contributed by atoms with van der Waals surface area (Å²) in [4.78, 5) is 7.04. The minimum Gasteiger partial charge on any atom is -0.380 e. The maximum atomic E-state index is 5.20. The number of nitrogens with zero attached hydrogens (tertiary/aromatic N) is 1. The first-order valence-electron chi connectivity index (χ1n) is 5.28. The second-order valence-corrected chi connectivity index (χ2v) is 4.48. The van der Waals surface area contributed by atoms with Gasteiger partial charge in [-0.1, -0.05) is 22.0 Å². The first-order valence-corrected chi connectivity index (χ1v) is 6.08. The van der Waals surface area contributed by atoms with Gasteiger partial charge in [-0.3, -0.25) is 0 Å². The van der Waals surface area contributed by atoms with E-state index in [1.54, 1.807) is 19.6 Å². The number of ether oxygens (including phenoxy) is 1. The lowest BCUT2D eigenvalue weighted by molar-refractivity contribution is 0.185. The fourth-order valence-electron chi connectivity index (χ4n) is 1.59. The predicted octanol–water partition coefficient (Wildman–Crippen LogP) is 2.93. The van der Waals surface area contributed by atoms with Crippen molar-refractivity contribution < 1.29 is 4.74 Å². The molecule has 1 aromatic heterocycles. The summed E-state index contributed by atoms with van der Waals surface area (Å²) in [7, 11) is 1.69. The Hall–Kier alpha value is -1.33. The van der Waals surface area contributed by atoms with Gasteiger partial charge in [-0.15, -0.1) is 0 Å². The van der Waals surface area contributed by atoms with Crippen LogP contribution in [0, 0.1) is 0 Å². The van der Waals surface area contributed by atoms with Gasteiger partial charge in [0.25, 0.3) is 0 Å². The molecule has 17 heavy (non-hydrogen) atoms. The van der Waals surface area contributed by atoms with E-state index in [4.69, 9.17) is 4.74 Å². The summed E-state index contributed by atoms with van der Waals surface area (Å²) in [5.41, 5.74) is 3.23. The Balaban J connectivity index is 2.11. The summed E-state index contributed by atoms with van der Waals surface area (Å²) in [6.07, 6.45) is 3.48.